The minimum absolute atomic E-state index is 0.0352. The summed E-state index contributed by atoms with van der Waals surface area (Å²) in [5.74, 6) is -0.0352. The second-order valence-electron chi connectivity index (χ2n) is 7.03. The predicted molar refractivity (Wildman–Crippen MR) is 125 cm³/mol. The number of nitrogens with one attached hydrogen (secondary N) is 1. The monoisotopic (exact) mass is 450 g/mol. The van der Waals surface area contributed by atoms with E-state index in [4.69, 9.17) is 0 Å². The smallest absolute Gasteiger partial charge is 0.266 e. The standard InChI is InChI=1S/C23H22N4O2S2/c1-16-22(31-23(25-16)19-8-5-15-30-19)18-10-12-21(29)27(26-18)14-13-24-20(28)11-9-17-6-3-2-4-7-17/h2-8,10,12,15H,9,11,13-14H2,1H3,(H,24,28). The molecule has 3 aromatic heterocycles. The molecule has 0 aliphatic rings. The molecule has 1 aromatic carbocycles. The van der Waals surface area contributed by atoms with E-state index in [-0.39, 0.29) is 11.5 Å². The first-order chi connectivity index (χ1) is 15.1. The van der Waals surface area contributed by atoms with E-state index < -0.39 is 0 Å². The molecule has 0 spiro atoms. The SMILES string of the molecule is Cc1nc(-c2cccs2)sc1-c1ccc(=O)n(CCNC(=O)CCc2ccccc2)n1. The van der Waals surface area contributed by atoms with E-state index in [1.807, 2.05) is 54.8 Å². The van der Waals surface area contributed by atoms with Crippen molar-refractivity contribution in [2.45, 2.75) is 26.3 Å². The first kappa shape index (κ1) is 21.1. The summed E-state index contributed by atoms with van der Waals surface area (Å²) in [6.45, 7) is 2.62. The van der Waals surface area contributed by atoms with Crippen LogP contribution in [-0.4, -0.2) is 27.2 Å². The zero-order chi connectivity index (χ0) is 21.6. The molecule has 6 nitrogen and oxygen atoms in total. The summed E-state index contributed by atoms with van der Waals surface area (Å²) in [4.78, 5) is 31.1. The van der Waals surface area contributed by atoms with Gasteiger partial charge in [0, 0.05) is 19.0 Å². The van der Waals surface area contributed by atoms with Gasteiger partial charge in [-0.15, -0.1) is 22.7 Å². The molecule has 8 heteroatoms. The summed E-state index contributed by atoms with van der Waals surface area (Å²) in [7, 11) is 0. The number of rotatable bonds is 8. The molecule has 4 aromatic rings. The van der Waals surface area contributed by atoms with Crippen LogP contribution in [0.5, 0.6) is 0 Å². The summed E-state index contributed by atoms with van der Waals surface area (Å²) in [5, 5.41) is 10.4. The maximum atomic E-state index is 12.2. The van der Waals surface area contributed by atoms with Crippen molar-refractivity contribution in [1.82, 2.24) is 20.1 Å². The first-order valence-electron chi connectivity index (χ1n) is 10.0. The molecule has 0 aliphatic heterocycles. The minimum Gasteiger partial charge on any atom is -0.354 e. The molecule has 158 valence electrons. The Balaban J connectivity index is 1.38. The quantitative estimate of drug-likeness (QED) is 0.437. The Morgan fingerprint density at radius 2 is 1.94 bits per heavy atom. The van der Waals surface area contributed by atoms with Gasteiger partial charge in [0.25, 0.3) is 5.56 Å². The summed E-state index contributed by atoms with van der Waals surface area (Å²) in [6.07, 6.45) is 1.11. The Labute approximate surface area is 188 Å². The molecule has 0 saturated heterocycles. The van der Waals surface area contributed by atoms with Crippen LogP contribution in [-0.2, 0) is 17.8 Å². The highest BCUT2D eigenvalue weighted by Crippen LogP contribution is 2.35. The number of carbonyl (C=O) groups excluding carboxylic acids is 1. The van der Waals surface area contributed by atoms with Crippen molar-refractivity contribution in [3.8, 4) is 20.5 Å². The van der Waals surface area contributed by atoms with Crippen LogP contribution in [0.1, 0.15) is 17.7 Å². The highest BCUT2D eigenvalue weighted by molar-refractivity contribution is 7.23. The number of aryl methyl sites for hydroxylation is 2. The van der Waals surface area contributed by atoms with Gasteiger partial charge < -0.3 is 5.32 Å². The van der Waals surface area contributed by atoms with E-state index in [0.29, 0.717) is 31.6 Å². The summed E-state index contributed by atoms with van der Waals surface area (Å²) in [5.41, 5.74) is 2.54. The molecule has 0 unspecified atom stereocenters. The zero-order valence-corrected chi connectivity index (χ0v) is 18.7. The van der Waals surface area contributed by atoms with Crippen LogP contribution < -0.4 is 10.9 Å². The molecular weight excluding hydrogens is 428 g/mol. The van der Waals surface area contributed by atoms with Crippen LogP contribution in [0.4, 0.5) is 0 Å². The van der Waals surface area contributed by atoms with Gasteiger partial charge in [0.2, 0.25) is 5.91 Å². The highest BCUT2D eigenvalue weighted by atomic mass is 32.1. The minimum atomic E-state index is -0.192. The molecule has 0 bridgehead atoms. The number of hydrogen-bond acceptors (Lipinski definition) is 6. The van der Waals surface area contributed by atoms with Gasteiger partial charge in [0.15, 0.2) is 0 Å². The average molecular weight is 451 g/mol. The molecule has 0 aliphatic carbocycles. The predicted octanol–water partition coefficient (Wildman–Crippen LogP) is 4.15. The maximum Gasteiger partial charge on any atom is 0.266 e. The van der Waals surface area contributed by atoms with Gasteiger partial charge >= 0.3 is 0 Å². The third-order valence-corrected chi connectivity index (χ3v) is 6.98. The van der Waals surface area contributed by atoms with Crippen LogP contribution >= 0.6 is 22.7 Å². The van der Waals surface area contributed by atoms with Crippen molar-refractivity contribution in [1.29, 1.82) is 0 Å². The third kappa shape index (κ3) is 5.34. The first-order valence-corrected chi connectivity index (χ1v) is 11.7. The van der Waals surface area contributed by atoms with Gasteiger partial charge in [0.05, 0.1) is 22.0 Å². The number of carbonyl (C=O) groups is 1. The molecule has 0 radical (unpaired) electrons. The van der Waals surface area contributed by atoms with E-state index in [1.165, 1.54) is 10.7 Å². The second kappa shape index (κ2) is 9.80. The Hall–Kier alpha value is -3.10. The topological polar surface area (TPSA) is 76.9 Å². The van der Waals surface area contributed by atoms with Crippen molar-refractivity contribution < 1.29 is 4.79 Å². The lowest BCUT2D eigenvalue weighted by Crippen LogP contribution is -2.32. The highest BCUT2D eigenvalue weighted by Gasteiger charge is 2.14. The fraction of sp³-hybridized carbons (Fsp3) is 0.217. The van der Waals surface area contributed by atoms with Gasteiger partial charge in [0.1, 0.15) is 10.7 Å². The molecule has 4 rings (SSSR count). The van der Waals surface area contributed by atoms with Crippen LogP contribution in [0, 0.1) is 6.92 Å². The lowest BCUT2D eigenvalue weighted by atomic mass is 10.1. The maximum absolute atomic E-state index is 12.2. The number of aromatic nitrogens is 3. The molecule has 0 fully saturated rings. The van der Waals surface area contributed by atoms with Crippen LogP contribution in [0.3, 0.4) is 0 Å². The van der Waals surface area contributed by atoms with E-state index in [2.05, 4.69) is 15.4 Å². The number of thiophene rings is 1. The van der Waals surface area contributed by atoms with E-state index >= 15 is 0 Å². The molecule has 0 atom stereocenters. The average Bonchev–Trinajstić information content (AvgIpc) is 3.44. The lowest BCUT2D eigenvalue weighted by molar-refractivity contribution is -0.121. The Morgan fingerprint density at radius 3 is 2.71 bits per heavy atom. The summed E-state index contributed by atoms with van der Waals surface area (Å²) >= 11 is 3.22. The lowest BCUT2D eigenvalue weighted by Gasteiger charge is -2.08. The Kier molecular flexibility index (Phi) is 6.69. The zero-order valence-electron chi connectivity index (χ0n) is 17.1. The normalized spacial score (nSPS) is 10.9. The third-order valence-electron chi connectivity index (χ3n) is 4.76. The molecule has 31 heavy (non-hydrogen) atoms. The largest absolute Gasteiger partial charge is 0.354 e. The van der Waals surface area contributed by atoms with E-state index in [9.17, 15) is 9.59 Å². The second-order valence-corrected chi connectivity index (χ2v) is 8.97. The Morgan fingerprint density at radius 1 is 1.10 bits per heavy atom. The van der Waals surface area contributed by atoms with Crippen LogP contribution in [0.25, 0.3) is 20.5 Å². The fourth-order valence-corrected chi connectivity index (χ4v) is 4.99. The van der Waals surface area contributed by atoms with Crippen LogP contribution in [0.2, 0.25) is 0 Å². The Bertz CT molecular complexity index is 1210. The summed E-state index contributed by atoms with van der Waals surface area (Å²) in [6, 6.07) is 17.2. The van der Waals surface area contributed by atoms with Crippen LogP contribution in [0.15, 0.2) is 64.8 Å². The van der Waals surface area contributed by atoms with Crippen molar-refractivity contribution in [2.24, 2.45) is 0 Å². The summed E-state index contributed by atoms with van der Waals surface area (Å²) < 4.78 is 1.40. The van der Waals surface area contributed by atoms with E-state index in [1.54, 1.807) is 28.7 Å². The van der Waals surface area contributed by atoms with Crippen molar-refractivity contribution in [3.05, 3.63) is 81.6 Å². The van der Waals surface area contributed by atoms with Crippen molar-refractivity contribution in [2.75, 3.05) is 6.54 Å². The number of benzene rings is 1. The van der Waals surface area contributed by atoms with Gasteiger partial charge in [-0.1, -0.05) is 36.4 Å². The molecule has 1 N–H and O–H groups in total. The molecule has 0 saturated carbocycles. The van der Waals surface area contributed by atoms with Crippen molar-refractivity contribution >= 4 is 28.6 Å². The van der Waals surface area contributed by atoms with E-state index in [0.717, 1.165) is 26.0 Å². The van der Waals surface area contributed by atoms with Gasteiger partial charge in [-0.05, 0) is 36.4 Å². The fourth-order valence-electron chi connectivity index (χ4n) is 3.16. The molecule has 1 amide bonds. The molecule has 3 heterocycles. The molecular formula is C23H22N4O2S2. The van der Waals surface area contributed by atoms with Crippen molar-refractivity contribution in [3.63, 3.8) is 0 Å². The van der Waals surface area contributed by atoms with Gasteiger partial charge in [-0.2, -0.15) is 5.10 Å². The number of amides is 1. The number of nitrogens with zero attached hydrogens (tertiary/aromatic N) is 3. The number of thiazole rings is 1. The number of hydrogen-bond donors (Lipinski definition) is 1. The van der Waals surface area contributed by atoms with Gasteiger partial charge in [-0.25, -0.2) is 9.67 Å². The van der Waals surface area contributed by atoms with Gasteiger partial charge in [-0.3, -0.25) is 9.59 Å².